The molecule has 0 aliphatic rings. The molecule has 0 atom stereocenters. The van der Waals surface area contributed by atoms with Crippen molar-refractivity contribution in [3.63, 3.8) is 0 Å². The van der Waals surface area contributed by atoms with Crippen LogP contribution in [-0.4, -0.2) is 14.7 Å². The number of nitrogen functional groups attached to an aromatic ring is 1. The minimum atomic E-state index is -0.478. The van der Waals surface area contributed by atoms with Crippen LogP contribution in [0.1, 0.15) is 0 Å². The van der Waals surface area contributed by atoms with E-state index in [-0.39, 0.29) is 5.69 Å². The average Bonchev–Trinajstić information content (AvgIpc) is 2.81. The minimum Gasteiger partial charge on any atom is -0.324 e. The normalized spacial score (nSPS) is 10.1. The first-order valence-electron chi connectivity index (χ1n) is 4.47. The smallest absolute Gasteiger partial charge is 0.273 e. The van der Waals surface area contributed by atoms with Crippen LogP contribution in [-0.2, 0) is 0 Å². The van der Waals surface area contributed by atoms with Crippen LogP contribution < -0.4 is 11.3 Å². The number of hydrogen-bond acceptors (Lipinski definition) is 5. The first kappa shape index (κ1) is 10.1. The molecule has 16 heavy (non-hydrogen) atoms. The van der Waals surface area contributed by atoms with E-state index in [2.05, 4.69) is 10.5 Å². The summed E-state index contributed by atoms with van der Waals surface area (Å²) in [6.45, 7) is 0. The van der Waals surface area contributed by atoms with E-state index in [0.29, 0.717) is 11.4 Å². The molecule has 2 rings (SSSR count). The molecular weight excluding hydrogens is 210 g/mol. The van der Waals surface area contributed by atoms with Crippen LogP contribution in [0.4, 0.5) is 11.4 Å². The number of nitrogens with two attached hydrogens (primary N) is 1. The lowest BCUT2D eigenvalue weighted by atomic mass is 10.2. The van der Waals surface area contributed by atoms with Gasteiger partial charge in [-0.2, -0.15) is 5.10 Å². The quantitative estimate of drug-likeness (QED) is 0.457. The highest BCUT2D eigenvalue weighted by Crippen LogP contribution is 2.22. The average molecular weight is 219 g/mol. The molecule has 1 aromatic carbocycles. The third kappa shape index (κ3) is 1.84. The first-order chi connectivity index (χ1) is 7.70. The molecule has 82 valence electrons. The molecule has 7 heteroatoms. The van der Waals surface area contributed by atoms with Crippen LogP contribution in [0, 0.1) is 10.1 Å². The lowest BCUT2D eigenvalue weighted by Gasteiger charge is -2.05. The second kappa shape index (κ2) is 3.99. The van der Waals surface area contributed by atoms with Gasteiger partial charge < -0.3 is 5.43 Å². The summed E-state index contributed by atoms with van der Waals surface area (Å²) >= 11 is 0. The van der Waals surface area contributed by atoms with Crippen molar-refractivity contribution in [2.24, 2.45) is 5.84 Å². The topological polar surface area (TPSA) is 99.0 Å². The number of nitro groups is 1. The molecule has 0 aliphatic heterocycles. The van der Waals surface area contributed by atoms with Crippen molar-refractivity contribution in [2.45, 2.75) is 0 Å². The summed E-state index contributed by atoms with van der Waals surface area (Å²) in [4.78, 5) is 10.2. The maximum Gasteiger partial charge on any atom is 0.273 e. The molecule has 1 heterocycles. The molecule has 0 radical (unpaired) electrons. The van der Waals surface area contributed by atoms with Gasteiger partial charge in [-0.1, -0.05) is 0 Å². The van der Waals surface area contributed by atoms with E-state index in [1.165, 1.54) is 16.8 Å². The van der Waals surface area contributed by atoms with Crippen LogP contribution in [0.5, 0.6) is 0 Å². The van der Waals surface area contributed by atoms with E-state index >= 15 is 0 Å². The lowest BCUT2D eigenvalue weighted by molar-refractivity contribution is -0.384. The number of hydrazine groups is 1. The molecule has 0 fully saturated rings. The maximum atomic E-state index is 10.7. The Balaban J connectivity index is 2.53. The van der Waals surface area contributed by atoms with Crippen LogP contribution in [0.25, 0.3) is 5.69 Å². The van der Waals surface area contributed by atoms with Crippen LogP contribution in [0.2, 0.25) is 0 Å². The Bertz CT molecular complexity index is 509. The molecular formula is C9H9N5O2. The van der Waals surface area contributed by atoms with Gasteiger partial charge in [0.2, 0.25) is 0 Å². The van der Waals surface area contributed by atoms with Gasteiger partial charge in [-0.15, -0.1) is 0 Å². The highest BCUT2D eigenvalue weighted by molar-refractivity contribution is 5.58. The Hall–Kier alpha value is -2.41. The maximum absolute atomic E-state index is 10.7. The van der Waals surface area contributed by atoms with E-state index in [1.54, 1.807) is 24.5 Å². The van der Waals surface area contributed by atoms with Crippen molar-refractivity contribution < 1.29 is 4.92 Å². The fourth-order valence-electron chi connectivity index (χ4n) is 1.34. The van der Waals surface area contributed by atoms with Gasteiger partial charge in [-0.05, 0) is 12.1 Å². The summed E-state index contributed by atoms with van der Waals surface area (Å²) in [5, 5.41) is 14.7. The molecule has 0 unspecified atom stereocenters. The summed E-state index contributed by atoms with van der Waals surface area (Å²) in [5.41, 5.74) is 3.37. The highest BCUT2D eigenvalue weighted by Gasteiger charge is 2.10. The van der Waals surface area contributed by atoms with Gasteiger partial charge in [-0.3, -0.25) is 16.0 Å². The SMILES string of the molecule is NNc1cc(-n2cccn2)cc([N+](=O)[O-])c1. The molecule has 2 aromatic rings. The van der Waals surface area contributed by atoms with Crippen molar-refractivity contribution in [1.29, 1.82) is 0 Å². The summed E-state index contributed by atoms with van der Waals surface area (Å²) in [6, 6.07) is 6.18. The number of anilines is 1. The Morgan fingerprint density at radius 3 is 2.81 bits per heavy atom. The van der Waals surface area contributed by atoms with E-state index in [0.717, 1.165) is 0 Å². The third-order valence-electron chi connectivity index (χ3n) is 2.05. The van der Waals surface area contributed by atoms with Gasteiger partial charge in [0.15, 0.2) is 0 Å². The number of rotatable bonds is 3. The second-order valence-electron chi connectivity index (χ2n) is 3.09. The Morgan fingerprint density at radius 2 is 2.25 bits per heavy atom. The van der Waals surface area contributed by atoms with Crippen LogP contribution >= 0.6 is 0 Å². The number of hydrogen-bond donors (Lipinski definition) is 2. The van der Waals surface area contributed by atoms with Crippen molar-refractivity contribution in [2.75, 3.05) is 5.43 Å². The molecule has 0 bridgehead atoms. The van der Waals surface area contributed by atoms with Crippen molar-refractivity contribution >= 4 is 11.4 Å². The van der Waals surface area contributed by atoms with Crippen LogP contribution in [0.15, 0.2) is 36.7 Å². The third-order valence-corrected chi connectivity index (χ3v) is 2.05. The number of nitrogens with one attached hydrogen (secondary N) is 1. The summed E-state index contributed by atoms with van der Waals surface area (Å²) in [7, 11) is 0. The van der Waals surface area contributed by atoms with Crippen molar-refractivity contribution in [1.82, 2.24) is 9.78 Å². The number of aromatic nitrogens is 2. The number of nitro benzene ring substituents is 1. The zero-order chi connectivity index (χ0) is 11.5. The summed E-state index contributed by atoms with van der Waals surface area (Å²) in [5.74, 6) is 5.24. The molecule has 0 saturated carbocycles. The summed E-state index contributed by atoms with van der Waals surface area (Å²) < 4.78 is 1.52. The summed E-state index contributed by atoms with van der Waals surface area (Å²) in [6.07, 6.45) is 3.29. The van der Waals surface area contributed by atoms with Crippen molar-refractivity contribution in [3.05, 3.63) is 46.8 Å². The Morgan fingerprint density at radius 1 is 1.44 bits per heavy atom. The van der Waals surface area contributed by atoms with Gasteiger partial charge in [0, 0.05) is 24.5 Å². The molecule has 7 nitrogen and oxygen atoms in total. The molecule has 3 N–H and O–H groups in total. The lowest BCUT2D eigenvalue weighted by Crippen LogP contribution is -2.08. The van der Waals surface area contributed by atoms with Gasteiger partial charge in [0.25, 0.3) is 5.69 Å². The van der Waals surface area contributed by atoms with E-state index < -0.39 is 4.92 Å². The second-order valence-corrected chi connectivity index (χ2v) is 3.09. The van der Waals surface area contributed by atoms with Crippen LogP contribution in [0.3, 0.4) is 0 Å². The van der Waals surface area contributed by atoms with E-state index in [1.807, 2.05) is 0 Å². The molecule has 0 aliphatic carbocycles. The standard InChI is InChI=1S/C9H9N5O2/c10-12-7-4-8(13-3-1-2-11-13)6-9(5-7)14(15)16/h1-6,12H,10H2. The van der Waals surface area contributed by atoms with Gasteiger partial charge in [0.1, 0.15) is 0 Å². The highest BCUT2D eigenvalue weighted by atomic mass is 16.6. The van der Waals surface area contributed by atoms with E-state index in [9.17, 15) is 10.1 Å². The minimum absolute atomic E-state index is 0.0408. The first-order valence-corrected chi connectivity index (χ1v) is 4.47. The van der Waals surface area contributed by atoms with E-state index in [4.69, 9.17) is 5.84 Å². The molecule has 0 spiro atoms. The van der Waals surface area contributed by atoms with Crippen molar-refractivity contribution in [3.8, 4) is 5.69 Å². The van der Waals surface area contributed by atoms with Gasteiger partial charge in [0.05, 0.1) is 16.3 Å². The Labute approximate surface area is 90.6 Å². The fraction of sp³-hybridized carbons (Fsp3) is 0. The number of benzene rings is 1. The zero-order valence-corrected chi connectivity index (χ0v) is 8.20. The molecule has 1 aromatic heterocycles. The molecule has 0 amide bonds. The number of non-ortho nitro benzene ring substituents is 1. The zero-order valence-electron chi connectivity index (χ0n) is 8.20. The monoisotopic (exact) mass is 219 g/mol. The largest absolute Gasteiger partial charge is 0.324 e. The predicted molar refractivity (Wildman–Crippen MR) is 58.0 cm³/mol. The Kier molecular flexibility index (Phi) is 2.52. The predicted octanol–water partition coefficient (Wildman–Crippen LogP) is 1.07. The van der Waals surface area contributed by atoms with Gasteiger partial charge >= 0.3 is 0 Å². The fourth-order valence-corrected chi connectivity index (χ4v) is 1.34. The molecule has 0 saturated heterocycles. The number of nitrogens with zero attached hydrogens (tertiary/aromatic N) is 3. The van der Waals surface area contributed by atoms with Gasteiger partial charge in [-0.25, -0.2) is 4.68 Å².